The molecule has 0 aliphatic heterocycles. The van der Waals surface area contributed by atoms with Crippen molar-refractivity contribution in [3.05, 3.63) is 60.6 Å². The SMILES string of the molecule is O=C(NCCn1cccn1)c1ncoc1-c1ccc(F)cc1. The summed E-state index contributed by atoms with van der Waals surface area (Å²) in [7, 11) is 0. The Kier molecular flexibility index (Phi) is 3.95. The van der Waals surface area contributed by atoms with E-state index in [0.29, 0.717) is 24.4 Å². The van der Waals surface area contributed by atoms with Crippen molar-refractivity contribution in [2.45, 2.75) is 6.54 Å². The van der Waals surface area contributed by atoms with Crippen LogP contribution in [0.15, 0.2) is 53.5 Å². The van der Waals surface area contributed by atoms with Crippen molar-refractivity contribution in [2.24, 2.45) is 0 Å². The molecule has 0 saturated carbocycles. The van der Waals surface area contributed by atoms with E-state index in [1.807, 2.05) is 12.3 Å². The fourth-order valence-corrected chi connectivity index (χ4v) is 2.01. The third-order valence-corrected chi connectivity index (χ3v) is 3.07. The van der Waals surface area contributed by atoms with Gasteiger partial charge in [0.1, 0.15) is 5.82 Å². The number of rotatable bonds is 5. The molecule has 0 unspecified atom stereocenters. The zero-order valence-corrected chi connectivity index (χ0v) is 11.6. The molecule has 2 aromatic heterocycles. The average Bonchev–Trinajstić information content (AvgIpc) is 3.19. The predicted molar refractivity (Wildman–Crippen MR) is 76.5 cm³/mol. The van der Waals surface area contributed by atoms with Crippen LogP contribution in [0.2, 0.25) is 0 Å². The first-order valence-electron chi connectivity index (χ1n) is 6.69. The molecule has 1 N–H and O–H groups in total. The van der Waals surface area contributed by atoms with Gasteiger partial charge >= 0.3 is 0 Å². The summed E-state index contributed by atoms with van der Waals surface area (Å²) in [6.45, 7) is 0.971. The lowest BCUT2D eigenvalue weighted by Gasteiger charge is -2.05. The monoisotopic (exact) mass is 300 g/mol. The fraction of sp³-hybridized carbons (Fsp3) is 0.133. The summed E-state index contributed by atoms with van der Waals surface area (Å²) in [6, 6.07) is 7.49. The Morgan fingerprint density at radius 1 is 1.32 bits per heavy atom. The molecule has 1 amide bonds. The molecule has 0 aliphatic rings. The van der Waals surface area contributed by atoms with Crippen molar-refractivity contribution in [3.8, 4) is 11.3 Å². The molecule has 2 heterocycles. The van der Waals surface area contributed by atoms with Crippen LogP contribution in [-0.2, 0) is 6.54 Å². The molecule has 0 saturated heterocycles. The standard InChI is InChI=1S/C15H13FN4O2/c16-12-4-2-11(3-5-12)14-13(18-10-22-14)15(21)17-7-9-20-8-1-6-19-20/h1-6,8,10H,7,9H2,(H,17,21). The second-order valence-corrected chi connectivity index (χ2v) is 4.56. The highest BCUT2D eigenvalue weighted by molar-refractivity contribution is 5.97. The van der Waals surface area contributed by atoms with Gasteiger partial charge < -0.3 is 9.73 Å². The Hall–Kier alpha value is -2.96. The molecule has 3 rings (SSSR count). The molecule has 7 heteroatoms. The van der Waals surface area contributed by atoms with Gasteiger partial charge in [0.25, 0.3) is 5.91 Å². The van der Waals surface area contributed by atoms with Crippen LogP contribution in [0.25, 0.3) is 11.3 Å². The van der Waals surface area contributed by atoms with Crippen LogP contribution in [0.1, 0.15) is 10.5 Å². The quantitative estimate of drug-likeness (QED) is 0.783. The fourth-order valence-electron chi connectivity index (χ4n) is 2.01. The minimum atomic E-state index is -0.353. The lowest BCUT2D eigenvalue weighted by molar-refractivity contribution is 0.0948. The maximum absolute atomic E-state index is 13.0. The molecule has 1 aromatic carbocycles. The van der Waals surface area contributed by atoms with Gasteiger partial charge in [-0.25, -0.2) is 9.37 Å². The average molecular weight is 300 g/mol. The summed E-state index contributed by atoms with van der Waals surface area (Å²) >= 11 is 0. The number of hydrogen-bond acceptors (Lipinski definition) is 4. The van der Waals surface area contributed by atoms with Crippen molar-refractivity contribution < 1.29 is 13.6 Å². The van der Waals surface area contributed by atoms with Crippen LogP contribution in [0.3, 0.4) is 0 Å². The molecular formula is C15H13FN4O2. The Bertz CT molecular complexity index is 750. The number of nitrogens with zero attached hydrogens (tertiary/aromatic N) is 3. The van der Waals surface area contributed by atoms with Gasteiger partial charge in [-0.05, 0) is 30.3 Å². The Morgan fingerprint density at radius 3 is 2.86 bits per heavy atom. The molecule has 0 radical (unpaired) electrons. The van der Waals surface area contributed by atoms with Gasteiger partial charge in [0.05, 0.1) is 6.54 Å². The van der Waals surface area contributed by atoms with Crippen LogP contribution in [0, 0.1) is 5.82 Å². The lowest BCUT2D eigenvalue weighted by atomic mass is 10.1. The lowest BCUT2D eigenvalue weighted by Crippen LogP contribution is -2.28. The van der Waals surface area contributed by atoms with Gasteiger partial charge in [-0.15, -0.1) is 0 Å². The first-order chi connectivity index (χ1) is 10.7. The van der Waals surface area contributed by atoms with Gasteiger partial charge in [0, 0.05) is 24.5 Å². The minimum absolute atomic E-state index is 0.173. The van der Waals surface area contributed by atoms with Gasteiger partial charge in [-0.1, -0.05) is 0 Å². The second kappa shape index (κ2) is 6.21. The van der Waals surface area contributed by atoms with Gasteiger partial charge in [0.2, 0.25) is 0 Å². The highest BCUT2D eigenvalue weighted by atomic mass is 19.1. The molecule has 0 spiro atoms. The van der Waals surface area contributed by atoms with Crippen molar-refractivity contribution in [3.63, 3.8) is 0 Å². The maximum Gasteiger partial charge on any atom is 0.273 e. The van der Waals surface area contributed by atoms with E-state index in [9.17, 15) is 9.18 Å². The van der Waals surface area contributed by atoms with Gasteiger partial charge in [-0.2, -0.15) is 5.10 Å². The van der Waals surface area contributed by atoms with E-state index in [1.165, 1.54) is 30.7 Å². The number of benzene rings is 1. The third kappa shape index (κ3) is 3.03. The zero-order chi connectivity index (χ0) is 15.4. The molecule has 6 nitrogen and oxygen atoms in total. The van der Waals surface area contributed by atoms with E-state index in [-0.39, 0.29) is 17.4 Å². The van der Waals surface area contributed by atoms with Crippen molar-refractivity contribution in [2.75, 3.05) is 6.54 Å². The van der Waals surface area contributed by atoms with Crippen LogP contribution >= 0.6 is 0 Å². The predicted octanol–water partition coefficient (Wildman–Crippen LogP) is 2.11. The number of oxazole rings is 1. The van der Waals surface area contributed by atoms with E-state index in [4.69, 9.17) is 4.42 Å². The molecule has 0 fully saturated rings. The summed E-state index contributed by atoms with van der Waals surface area (Å²) < 4.78 is 19.9. The molecule has 22 heavy (non-hydrogen) atoms. The highest BCUT2D eigenvalue weighted by Crippen LogP contribution is 2.23. The maximum atomic E-state index is 13.0. The summed E-state index contributed by atoms with van der Waals surface area (Å²) in [4.78, 5) is 16.1. The van der Waals surface area contributed by atoms with Gasteiger partial charge in [0.15, 0.2) is 17.8 Å². The van der Waals surface area contributed by atoms with Crippen LogP contribution in [0.4, 0.5) is 4.39 Å². The van der Waals surface area contributed by atoms with Gasteiger partial charge in [-0.3, -0.25) is 9.48 Å². The Balaban J connectivity index is 1.68. The molecule has 112 valence electrons. The highest BCUT2D eigenvalue weighted by Gasteiger charge is 2.17. The largest absolute Gasteiger partial charge is 0.443 e. The van der Waals surface area contributed by atoms with Crippen molar-refractivity contribution in [1.29, 1.82) is 0 Å². The normalized spacial score (nSPS) is 10.6. The summed E-state index contributed by atoms with van der Waals surface area (Å²) in [5.41, 5.74) is 0.767. The summed E-state index contributed by atoms with van der Waals surface area (Å²) in [5, 5.41) is 6.79. The Labute approximate surface area is 125 Å². The van der Waals surface area contributed by atoms with Crippen molar-refractivity contribution in [1.82, 2.24) is 20.1 Å². The van der Waals surface area contributed by atoms with Crippen molar-refractivity contribution >= 4 is 5.91 Å². The molecule has 3 aromatic rings. The van der Waals surface area contributed by atoms with Crippen LogP contribution in [0.5, 0.6) is 0 Å². The molecule has 0 bridgehead atoms. The van der Waals surface area contributed by atoms with E-state index in [1.54, 1.807) is 10.9 Å². The van der Waals surface area contributed by atoms with E-state index in [0.717, 1.165) is 0 Å². The summed E-state index contributed by atoms with van der Waals surface area (Å²) in [5.74, 6) is -0.384. The number of aromatic nitrogens is 3. The first-order valence-corrected chi connectivity index (χ1v) is 6.69. The number of carbonyl (C=O) groups excluding carboxylic acids is 1. The zero-order valence-electron chi connectivity index (χ0n) is 11.6. The van der Waals surface area contributed by atoms with E-state index < -0.39 is 0 Å². The number of halogens is 1. The van der Waals surface area contributed by atoms with E-state index in [2.05, 4.69) is 15.4 Å². The third-order valence-electron chi connectivity index (χ3n) is 3.07. The minimum Gasteiger partial charge on any atom is -0.443 e. The van der Waals surface area contributed by atoms with Crippen LogP contribution < -0.4 is 5.32 Å². The van der Waals surface area contributed by atoms with E-state index >= 15 is 0 Å². The molecule has 0 aliphatic carbocycles. The first kappa shape index (κ1) is 14.0. The number of carbonyl (C=O) groups is 1. The smallest absolute Gasteiger partial charge is 0.273 e. The molecular weight excluding hydrogens is 287 g/mol. The second-order valence-electron chi connectivity index (χ2n) is 4.56. The number of hydrogen-bond donors (Lipinski definition) is 1. The number of amides is 1. The number of nitrogens with one attached hydrogen (secondary N) is 1. The molecule has 0 atom stereocenters. The van der Waals surface area contributed by atoms with Crippen LogP contribution in [-0.4, -0.2) is 27.2 Å². The Morgan fingerprint density at radius 2 is 2.14 bits per heavy atom. The topological polar surface area (TPSA) is 73.0 Å². The summed E-state index contributed by atoms with van der Waals surface area (Å²) in [6.07, 6.45) is 4.68.